The van der Waals surface area contributed by atoms with E-state index >= 15 is 0 Å². The molecule has 2 aromatic rings. The number of H-pyrrole nitrogens is 1. The molecule has 1 aromatic heterocycles. The standard InChI is InChI=1S/C11H12BrN3O3S/c12-10-2-1-8(7-16)3-11(10)19(17,18)15-6-9-4-13-14-5-9/h1-5,15-16H,6-7H2,(H,13,14). The summed E-state index contributed by atoms with van der Waals surface area (Å²) >= 11 is 3.19. The zero-order valence-electron chi connectivity index (χ0n) is 9.80. The van der Waals surface area contributed by atoms with Gasteiger partial charge >= 0.3 is 0 Å². The fraction of sp³-hybridized carbons (Fsp3) is 0.182. The third-order valence-electron chi connectivity index (χ3n) is 2.49. The van der Waals surface area contributed by atoms with Crippen LogP contribution in [0.1, 0.15) is 11.1 Å². The molecule has 0 aliphatic carbocycles. The summed E-state index contributed by atoms with van der Waals surface area (Å²) in [6, 6.07) is 4.68. The van der Waals surface area contributed by atoms with Crippen molar-refractivity contribution in [2.75, 3.05) is 0 Å². The van der Waals surface area contributed by atoms with E-state index in [4.69, 9.17) is 5.11 Å². The van der Waals surface area contributed by atoms with Crippen molar-refractivity contribution in [3.63, 3.8) is 0 Å². The predicted molar refractivity (Wildman–Crippen MR) is 72.7 cm³/mol. The van der Waals surface area contributed by atoms with Gasteiger partial charge in [-0.05, 0) is 33.6 Å². The topological polar surface area (TPSA) is 95.1 Å². The lowest BCUT2D eigenvalue weighted by Gasteiger charge is -2.09. The number of nitrogens with one attached hydrogen (secondary N) is 2. The highest BCUT2D eigenvalue weighted by Gasteiger charge is 2.18. The molecule has 102 valence electrons. The lowest BCUT2D eigenvalue weighted by molar-refractivity contribution is 0.281. The molecule has 0 fully saturated rings. The largest absolute Gasteiger partial charge is 0.392 e. The smallest absolute Gasteiger partial charge is 0.242 e. The molecule has 3 N–H and O–H groups in total. The molecule has 1 heterocycles. The van der Waals surface area contributed by atoms with Gasteiger partial charge in [-0.15, -0.1) is 0 Å². The van der Waals surface area contributed by atoms with Crippen LogP contribution in [-0.2, 0) is 23.2 Å². The first kappa shape index (κ1) is 14.2. The molecular weight excluding hydrogens is 334 g/mol. The number of halogens is 1. The van der Waals surface area contributed by atoms with E-state index in [1.54, 1.807) is 24.5 Å². The van der Waals surface area contributed by atoms with Crippen LogP contribution in [0.2, 0.25) is 0 Å². The Labute approximate surface area is 119 Å². The summed E-state index contributed by atoms with van der Waals surface area (Å²) in [5, 5.41) is 15.4. The van der Waals surface area contributed by atoms with E-state index in [-0.39, 0.29) is 18.0 Å². The summed E-state index contributed by atoms with van der Waals surface area (Å²) in [6.45, 7) is -0.0633. The fourth-order valence-corrected chi connectivity index (χ4v) is 3.51. The van der Waals surface area contributed by atoms with Gasteiger partial charge < -0.3 is 5.11 Å². The lowest BCUT2D eigenvalue weighted by atomic mass is 10.2. The summed E-state index contributed by atoms with van der Waals surface area (Å²) in [6.07, 6.45) is 3.16. The Kier molecular flexibility index (Phi) is 4.35. The third kappa shape index (κ3) is 3.41. The second kappa shape index (κ2) is 5.83. The van der Waals surface area contributed by atoms with Gasteiger partial charge in [0.2, 0.25) is 10.0 Å². The van der Waals surface area contributed by atoms with Crippen molar-refractivity contribution in [3.05, 3.63) is 46.2 Å². The number of rotatable bonds is 5. The van der Waals surface area contributed by atoms with Crippen LogP contribution in [0, 0.1) is 0 Å². The summed E-state index contributed by atoms with van der Waals surface area (Å²) in [5.41, 5.74) is 1.27. The number of benzene rings is 1. The molecule has 19 heavy (non-hydrogen) atoms. The molecule has 0 spiro atoms. The number of sulfonamides is 1. The first-order valence-electron chi connectivity index (χ1n) is 5.39. The van der Waals surface area contributed by atoms with Crippen LogP contribution < -0.4 is 4.72 Å². The SMILES string of the molecule is O=S(=O)(NCc1cn[nH]c1)c1cc(CO)ccc1Br. The van der Waals surface area contributed by atoms with E-state index in [1.807, 2.05) is 0 Å². The number of aliphatic hydroxyl groups is 1. The first-order valence-corrected chi connectivity index (χ1v) is 7.67. The molecule has 8 heteroatoms. The zero-order valence-corrected chi connectivity index (χ0v) is 12.2. The maximum Gasteiger partial charge on any atom is 0.242 e. The summed E-state index contributed by atoms with van der Waals surface area (Å²) in [5.74, 6) is 0. The molecule has 6 nitrogen and oxygen atoms in total. The highest BCUT2D eigenvalue weighted by atomic mass is 79.9. The van der Waals surface area contributed by atoms with Crippen LogP contribution in [-0.4, -0.2) is 23.7 Å². The average Bonchev–Trinajstić information content (AvgIpc) is 2.90. The van der Waals surface area contributed by atoms with E-state index in [9.17, 15) is 8.42 Å². The van der Waals surface area contributed by atoms with Crippen LogP contribution in [0.25, 0.3) is 0 Å². The van der Waals surface area contributed by atoms with Crippen LogP contribution in [0.5, 0.6) is 0 Å². The minimum absolute atomic E-state index is 0.0996. The highest BCUT2D eigenvalue weighted by molar-refractivity contribution is 9.10. The van der Waals surface area contributed by atoms with Crippen molar-refractivity contribution in [2.45, 2.75) is 18.0 Å². The average molecular weight is 346 g/mol. The molecule has 0 saturated carbocycles. The van der Waals surface area contributed by atoms with Gasteiger partial charge in [0.25, 0.3) is 0 Å². The Bertz CT molecular complexity index is 656. The molecule has 0 saturated heterocycles. The normalized spacial score (nSPS) is 11.7. The second-order valence-electron chi connectivity index (χ2n) is 3.85. The molecule has 1 aromatic carbocycles. The van der Waals surface area contributed by atoms with Crippen molar-refractivity contribution in [1.82, 2.24) is 14.9 Å². The van der Waals surface area contributed by atoms with E-state index in [2.05, 4.69) is 30.8 Å². The number of hydrogen-bond donors (Lipinski definition) is 3. The van der Waals surface area contributed by atoms with Gasteiger partial charge in [0.05, 0.1) is 17.7 Å². The summed E-state index contributed by atoms with van der Waals surface area (Å²) in [7, 11) is -3.65. The van der Waals surface area contributed by atoms with E-state index in [1.165, 1.54) is 6.07 Å². The molecular formula is C11H12BrN3O3S. The maximum absolute atomic E-state index is 12.2. The van der Waals surface area contributed by atoms with Crippen LogP contribution in [0.3, 0.4) is 0 Å². The number of aromatic nitrogens is 2. The lowest BCUT2D eigenvalue weighted by Crippen LogP contribution is -2.23. The minimum Gasteiger partial charge on any atom is -0.392 e. The Hall–Kier alpha value is -1.22. The van der Waals surface area contributed by atoms with E-state index in [0.29, 0.717) is 10.0 Å². The molecule has 0 radical (unpaired) electrons. The predicted octanol–water partition coefficient (Wildman–Crippen LogP) is 1.14. The maximum atomic E-state index is 12.2. The van der Waals surface area contributed by atoms with Crippen molar-refractivity contribution >= 4 is 26.0 Å². The molecule has 0 atom stereocenters. The van der Waals surface area contributed by atoms with E-state index < -0.39 is 10.0 Å². The molecule has 0 aliphatic heterocycles. The monoisotopic (exact) mass is 345 g/mol. The molecule has 0 unspecified atom stereocenters. The van der Waals surface area contributed by atoms with Gasteiger partial charge in [-0.1, -0.05) is 6.07 Å². The molecule has 2 rings (SSSR count). The highest BCUT2D eigenvalue weighted by Crippen LogP contribution is 2.23. The summed E-state index contributed by atoms with van der Waals surface area (Å²) in [4.78, 5) is 0.0996. The number of nitrogens with zero attached hydrogens (tertiary/aromatic N) is 1. The molecule has 0 aliphatic rings. The van der Waals surface area contributed by atoms with Gasteiger partial charge in [0.15, 0.2) is 0 Å². The van der Waals surface area contributed by atoms with Crippen LogP contribution >= 0.6 is 15.9 Å². The van der Waals surface area contributed by atoms with Crippen molar-refractivity contribution < 1.29 is 13.5 Å². The molecule has 0 bridgehead atoms. The van der Waals surface area contributed by atoms with Gasteiger partial charge in [-0.3, -0.25) is 5.10 Å². The fourth-order valence-electron chi connectivity index (χ4n) is 1.48. The Balaban J connectivity index is 2.23. The van der Waals surface area contributed by atoms with Crippen molar-refractivity contribution in [2.24, 2.45) is 0 Å². The van der Waals surface area contributed by atoms with Gasteiger partial charge in [-0.2, -0.15) is 5.10 Å². The number of aliphatic hydroxyl groups excluding tert-OH is 1. The Morgan fingerprint density at radius 2 is 2.16 bits per heavy atom. The summed E-state index contributed by atoms with van der Waals surface area (Å²) < 4.78 is 27.2. The van der Waals surface area contributed by atoms with Crippen LogP contribution in [0.15, 0.2) is 40.0 Å². The van der Waals surface area contributed by atoms with Gasteiger partial charge in [-0.25, -0.2) is 13.1 Å². The molecule has 0 amide bonds. The zero-order chi connectivity index (χ0) is 13.9. The minimum atomic E-state index is -3.65. The van der Waals surface area contributed by atoms with Crippen molar-refractivity contribution in [1.29, 1.82) is 0 Å². The van der Waals surface area contributed by atoms with Crippen molar-refractivity contribution in [3.8, 4) is 0 Å². The number of aromatic amines is 1. The third-order valence-corrected chi connectivity index (χ3v) is 4.88. The van der Waals surface area contributed by atoms with E-state index in [0.717, 1.165) is 5.56 Å². The second-order valence-corrected chi connectivity index (χ2v) is 6.44. The van der Waals surface area contributed by atoms with Crippen LogP contribution in [0.4, 0.5) is 0 Å². The quantitative estimate of drug-likeness (QED) is 0.757. The Morgan fingerprint density at radius 3 is 2.79 bits per heavy atom. The van der Waals surface area contributed by atoms with Gasteiger partial charge in [0, 0.05) is 22.8 Å². The van der Waals surface area contributed by atoms with Gasteiger partial charge in [0.1, 0.15) is 0 Å². The Morgan fingerprint density at radius 1 is 1.37 bits per heavy atom. The number of hydrogen-bond acceptors (Lipinski definition) is 4. The first-order chi connectivity index (χ1) is 9.03.